The third-order valence-corrected chi connectivity index (χ3v) is 2.44. The maximum atomic E-state index is 11.5. The molecule has 0 aromatic heterocycles. The first-order valence-electron chi connectivity index (χ1n) is 1.75. The maximum absolute atomic E-state index is 11.5. The second kappa shape index (κ2) is 4.64. The summed E-state index contributed by atoms with van der Waals surface area (Å²) in [5, 5.41) is 0. The van der Waals surface area contributed by atoms with Gasteiger partial charge in [-0.05, 0) is 0 Å². The third kappa shape index (κ3) is 3.80. The predicted molar refractivity (Wildman–Crippen MR) is 32.4 cm³/mol. The largest absolute Gasteiger partial charge is 1.00 e. The minimum Gasteiger partial charge on any atom is -1.00 e. The van der Waals surface area contributed by atoms with Crippen molar-refractivity contribution in [3.8, 4) is 0 Å². The van der Waals surface area contributed by atoms with Crippen molar-refractivity contribution in [2.24, 2.45) is 0 Å². The van der Waals surface area contributed by atoms with Crippen LogP contribution in [0.1, 0.15) is 1.43 Å². The SMILES string of the molecule is O=S(O)C(Cl)(Cl)C(F)(F)F.[H-].[Na+]. The zero-order valence-corrected chi connectivity index (χ0v) is 9.48. The van der Waals surface area contributed by atoms with E-state index in [0.717, 1.165) is 0 Å². The minimum absolute atomic E-state index is 0. The van der Waals surface area contributed by atoms with Gasteiger partial charge in [0.1, 0.15) is 0 Å². The minimum atomic E-state index is -5.10. The molecule has 0 aromatic rings. The van der Waals surface area contributed by atoms with Gasteiger partial charge in [-0.3, -0.25) is 0 Å². The molecule has 0 fully saturated rings. The molecule has 64 valence electrons. The molecule has 9 heteroatoms. The number of alkyl halides is 5. The summed E-state index contributed by atoms with van der Waals surface area (Å²) in [6.45, 7) is 0. The van der Waals surface area contributed by atoms with Gasteiger partial charge in [-0.2, -0.15) is 13.2 Å². The van der Waals surface area contributed by atoms with Crippen LogP contribution in [0.4, 0.5) is 13.2 Å². The van der Waals surface area contributed by atoms with Gasteiger partial charge in [-0.25, -0.2) is 4.21 Å². The van der Waals surface area contributed by atoms with E-state index in [1.807, 2.05) is 0 Å². The first-order chi connectivity index (χ1) is 4.19. The molecule has 0 aromatic carbocycles. The van der Waals surface area contributed by atoms with E-state index in [1.54, 1.807) is 0 Å². The van der Waals surface area contributed by atoms with Crippen LogP contribution in [-0.4, -0.2) is 18.6 Å². The van der Waals surface area contributed by atoms with Gasteiger partial charge in [-0.15, -0.1) is 0 Å². The molecule has 2 nitrogen and oxygen atoms in total. The van der Waals surface area contributed by atoms with Gasteiger partial charge >= 0.3 is 39.4 Å². The smallest absolute Gasteiger partial charge is 1.00 e. The van der Waals surface area contributed by atoms with E-state index in [2.05, 4.69) is 23.2 Å². The Hall–Kier alpha value is 1.48. The van der Waals surface area contributed by atoms with Gasteiger partial charge in [0.2, 0.25) is 0 Å². The van der Waals surface area contributed by atoms with Gasteiger partial charge < -0.3 is 5.98 Å². The van der Waals surface area contributed by atoms with Crippen molar-refractivity contribution < 1.29 is 52.9 Å². The van der Waals surface area contributed by atoms with Gasteiger partial charge in [-0.1, -0.05) is 23.2 Å². The molecular weight excluding hydrogens is 239 g/mol. The number of rotatable bonds is 1. The van der Waals surface area contributed by atoms with Crippen LogP contribution in [0.25, 0.3) is 0 Å². The van der Waals surface area contributed by atoms with Crippen molar-refractivity contribution in [3.63, 3.8) is 0 Å². The van der Waals surface area contributed by atoms with Crippen LogP contribution in [-0.2, 0) is 11.1 Å². The molecule has 11 heavy (non-hydrogen) atoms. The fourth-order valence-electron chi connectivity index (χ4n) is 0.0990. The number of hydrogen-bond acceptors (Lipinski definition) is 1. The zero-order valence-electron chi connectivity index (χ0n) is 6.15. The summed E-state index contributed by atoms with van der Waals surface area (Å²) in [5.41, 5.74) is 0. The Morgan fingerprint density at radius 1 is 1.36 bits per heavy atom. The quantitative estimate of drug-likeness (QED) is 0.364. The van der Waals surface area contributed by atoms with Crippen LogP contribution in [0, 0.1) is 0 Å². The summed E-state index contributed by atoms with van der Waals surface area (Å²) in [6, 6.07) is 0. The van der Waals surface area contributed by atoms with Crippen LogP contribution in [0.5, 0.6) is 0 Å². The average molecular weight is 241 g/mol. The molecule has 0 bridgehead atoms. The zero-order chi connectivity index (χ0) is 8.58. The molecule has 0 spiro atoms. The standard InChI is InChI=1S/C2HCl2F3O2S.Na.H/c3-1(4,10(8)9)2(5,6)7;;/h(H,8,9);;/q;+1;-1. The summed E-state index contributed by atoms with van der Waals surface area (Å²) >= 11 is 5.54. The number of halogens is 5. The normalized spacial score (nSPS) is 15.5. The van der Waals surface area contributed by atoms with E-state index in [-0.39, 0.29) is 31.0 Å². The van der Waals surface area contributed by atoms with Crippen molar-refractivity contribution in [2.75, 3.05) is 0 Å². The molecule has 0 amide bonds. The Kier molecular flexibility index (Phi) is 6.32. The molecule has 1 unspecified atom stereocenters. The van der Waals surface area contributed by atoms with E-state index in [9.17, 15) is 17.4 Å². The van der Waals surface area contributed by atoms with Crippen molar-refractivity contribution in [2.45, 2.75) is 9.84 Å². The Morgan fingerprint density at radius 2 is 1.64 bits per heavy atom. The molecule has 0 aliphatic rings. The molecule has 0 rings (SSSR count). The van der Waals surface area contributed by atoms with E-state index >= 15 is 0 Å². The van der Waals surface area contributed by atoms with E-state index < -0.39 is 20.9 Å². The second-order valence-electron chi connectivity index (χ2n) is 1.26. The molecule has 0 radical (unpaired) electrons. The van der Waals surface area contributed by atoms with E-state index in [0.29, 0.717) is 0 Å². The van der Waals surface area contributed by atoms with Gasteiger partial charge in [0, 0.05) is 0 Å². The van der Waals surface area contributed by atoms with E-state index in [4.69, 9.17) is 4.55 Å². The predicted octanol–water partition coefficient (Wildman–Crippen LogP) is -0.982. The van der Waals surface area contributed by atoms with Gasteiger partial charge in [0.15, 0.2) is 11.1 Å². The van der Waals surface area contributed by atoms with Crippen LogP contribution in [0.15, 0.2) is 0 Å². The fourth-order valence-corrected chi connectivity index (χ4v) is 0.297. The maximum Gasteiger partial charge on any atom is 1.00 e. The topological polar surface area (TPSA) is 37.3 Å². The summed E-state index contributed by atoms with van der Waals surface area (Å²) in [4.78, 5) is 0. The van der Waals surface area contributed by atoms with E-state index in [1.165, 1.54) is 0 Å². The Morgan fingerprint density at radius 3 is 1.64 bits per heavy atom. The molecule has 1 N–H and O–H groups in total. The Labute approximate surface area is 96.5 Å². The van der Waals surface area contributed by atoms with Crippen LogP contribution >= 0.6 is 23.2 Å². The third-order valence-electron chi connectivity index (χ3n) is 0.549. The first kappa shape index (κ1) is 15.0. The molecule has 0 saturated heterocycles. The first-order valence-corrected chi connectivity index (χ1v) is 3.61. The van der Waals surface area contributed by atoms with Crippen molar-refractivity contribution in [1.82, 2.24) is 0 Å². The van der Waals surface area contributed by atoms with Crippen molar-refractivity contribution in [1.29, 1.82) is 0 Å². The molecular formula is C2H2Cl2F3NaO2S. The van der Waals surface area contributed by atoms with Crippen molar-refractivity contribution in [3.05, 3.63) is 0 Å². The Bertz CT molecular complexity index is 165. The van der Waals surface area contributed by atoms with Crippen LogP contribution < -0.4 is 29.6 Å². The average Bonchev–Trinajstić information content (AvgIpc) is 1.62. The molecule has 1 atom stereocenters. The summed E-state index contributed by atoms with van der Waals surface area (Å²) in [7, 11) is 0. The summed E-state index contributed by atoms with van der Waals surface area (Å²) < 4.78 is 48.5. The van der Waals surface area contributed by atoms with Crippen LogP contribution in [0.2, 0.25) is 0 Å². The number of hydrogen-bond donors (Lipinski definition) is 1. The van der Waals surface area contributed by atoms with Crippen molar-refractivity contribution >= 4 is 34.3 Å². The van der Waals surface area contributed by atoms with Crippen LogP contribution in [0.3, 0.4) is 0 Å². The molecule has 0 aliphatic carbocycles. The molecule has 0 saturated carbocycles. The monoisotopic (exact) mass is 240 g/mol. The Balaban J connectivity index is -0.000000405. The second-order valence-corrected chi connectivity index (χ2v) is 4.15. The molecule has 0 heterocycles. The molecule has 0 aliphatic heterocycles. The van der Waals surface area contributed by atoms with Gasteiger partial charge in [0.25, 0.3) is 0 Å². The van der Waals surface area contributed by atoms with Gasteiger partial charge in [0.05, 0.1) is 0 Å². The summed E-state index contributed by atoms with van der Waals surface area (Å²) in [5.74, 6) is 0. The fraction of sp³-hybridized carbons (Fsp3) is 1.00. The summed E-state index contributed by atoms with van der Waals surface area (Å²) in [6.07, 6.45) is -5.10.